The van der Waals surface area contributed by atoms with E-state index in [9.17, 15) is 9.59 Å². The molecule has 138 valence electrons. The quantitative estimate of drug-likeness (QED) is 0.756. The summed E-state index contributed by atoms with van der Waals surface area (Å²) in [5, 5.41) is 15.6. The maximum atomic E-state index is 12.3. The molecule has 1 aromatic heterocycles. The monoisotopic (exact) mass is 377 g/mol. The number of benzene rings is 1. The van der Waals surface area contributed by atoms with Gasteiger partial charge in [0.05, 0.1) is 6.42 Å². The van der Waals surface area contributed by atoms with Crippen molar-refractivity contribution in [2.24, 2.45) is 0 Å². The summed E-state index contributed by atoms with van der Waals surface area (Å²) in [6.45, 7) is 0.173. The van der Waals surface area contributed by atoms with Gasteiger partial charge in [0.15, 0.2) is 5.82 Å². The minimum atomic E-state index is -0.932. The van der Waals surface area contributed by atoms with Crippen molar-refractivity contribution in [2.45, 2.75) is 31.4 Å². The molecule has 9 heteroatoms. The Morgan fingerprint density at radius 2 is 2.15 bits per heavy atom. The Kier molecular flexibility index (Phi) is 5.77. The van der Waals surface area contributed by atoms with Crippen LogP contribution in [0.4, 0.5) is 4.79 Å². The number of aryl methyl sites for hydroxylation is 1. The second-order valence-corrected chi connectivity index (χ2v) is 7.08. The standard InChI is InChI=1S/C17H19N3O5S/c21-14(22)7-6-13-18-15(20-25-13)17(8-9-26-11-17)19-16(23)24-10-12-4-2-1-3-5-12/h1-5H,6-11H2,(H,19,23)(H,21,22). The second-order valence-electron chi connectivity index (χ2n) is 5.98. The Labute approximate surface area is 154 Å². The summed E-state index contributed by atoms with van der Waals surface area (Å²) in [6.07, 6.45) is 0.170. The van der Waals surface area contributed by atoms with E-state index >= 15 is 0 Å². The van der Waals surface area contributed by atoms with E-state index in [1.54, 1.807) is 11.8 Å². The number of carboxylic acid groups (broad SMARTS) is 1. The SMILES string of the molecule is O=C(O)CCc1nc(C2(NC(=O)OCc3ccccc3)CCSC2)no1. The van der Waals surface area contributed by atoms with Crippen molar-refractivity contribution in [1.82, 2.24) is 15.5 Å². The zero-order valence-electron chi connectivity index (χ0n) is 14.0. The Morgan fingerprint density at radius 3 is 2.85 bits per heavy atom. The van der Waals surface area contributed by atoms with Gasteiger partial charge in [-0.05, 0) is 17.7 Å². The van der Waals surface area contributed by atoms with Gasteiger partial charge < -0.3 is 19.7 Å². The maximum Gasteiger partial charge on any atom is 0.408 e. The van der Waals surface area contributed by atoms with Crippen molar-refractivity contribution in [3.05, 3.63) is 47.6 Å². The lowest BCUT2D eigenvalue weighted by atomic mass is 9.98. The smallest absolute Gasteiger partial charge is 0.408 e. The maximum absolute atomic E-state index is 12.3. The third-order valence-electron chi connectivity index (χ3n) is 4.02. The number of amides is 1. The number of thioether (sulfide) groups is 1. The zero-order valence-corrected chi connectivity index (χ0v) is 14.8. The summed E-state index contributed by atoms with van der Waals surface area (Å²) in [7, 11) is 0. The number of hydrogen-bond donors (Lipinski definition) is 2. The Hall–Kier alpha value is -2.55. The highest BCUT2D eigenvalue weighted by molar-refractivity contribution is 7.99. The van der Waals surface area contributed by atoms with Gasteiger partial charge in [0.25, 0.3) is 0 Å². The first-order chi connectivity index (χ1) is 12.6. The number of carbonyl (C=O) groups is 2. The Morgan fingerprint density at radius 1 is 1.35 bits per heavy atom. The number of aromatic nitrogens is 2. The first kappa shape index (κ1) is 18.2. The second kappa shape index (κ2) is 8.22. The molecule has 1 amide bonds. The molecule has 2 N–H and O–H groups in total. The van der Waals surface area contributed by atoms with Gasteiger partial charge in [-0.25, -0.2) is 4.79 Å². The van der Waals surface area contributed by atoms with Gasteiger partial charge >= 0.3 is 12.1 Å². The highest BCUT2D eigenvalue weighted by Gasteiger charge is 2.42. The highest BCUT2D eigenvalue weighted by atomic mass is 32.2. The van der Waals surface area contributed by atoms with Gasteiger partial charge in [-0.2, -0.15) is 16.7 Å². The molecule has 8 nitrogen and oxygen atoms in total. The van der Waals surface area contributed by atoms with Crippen molar-refractivity contribution in [1.29, 1.82) is 0 Å². The van der Waals surface area contributed by atoms with Crippen LogP contribution in [0.2, 0.25) is 0 Å². The van der Waals surface area contributed by atoms with Crippen LogP contribution < -0.4 is 5.32 Å². The number of nitrogens with zero attached hydrogens (tertiary/aromatic N) is 2. The fraction of sp³-hybridized carbons (Fsp3) is 0.412. The van der Waals surface area contributed by atoms with Crippen LogP contribution in [0, 0.1) is 0 Å². The average molecular weight is 377 g/mol. The summed E-state index contributed by atoms with van der Waals surface area (Å²) in [6, 6.07) is 9.41. The van der Waals surface area contributed by atoms with Crippen LogP contribution in [0.1, 0.15) is 30.1 Å². The molecule has 1 fully saturated rings. The number of carboxylic acids is 1. The van der Waals surface area contributed by atoms with E-state index in [-0.39, 0.29) is 25.3 Å². The van der Waals surface area contributed by atoms with Crippen LogP contribution in [-0.4, -0.2) is 38.8 Å². The van der Waals surface area contributed by atoms with Gasteiger partial charge in [0, 0.05) is 12.2 Å². The van der Waals surface area contributed by atoms with Crippen LogP contribution in [-0.2, 0) is 28.1 Å². The topological polar surface area (TPSA) is 115 Å². The van der Waals surface area contributed by atoms with Gasteiger partial charge in [0.1, 0.15) is 12.1 Å². The highest BCUT2D eigenvalue weighted by Crippen LogP contribution is 2.35. The first-order valence-corrected chi connectivity index (χ1v) is 9.34. The average Bonchev–Trinajstić information content (AvgIpc) is 3.29. The van der Waals surface area contributed by atoms with E-state index in [4.69, 9.17) is 14.4 Å². The predicted molar refractivity (Wildman–Crippen MR) is 93.6 cm³/mol. The van der Waals surface area contributed by atoms with Crippen LogP contribution in [0.5, 0.6) is 0 Å². The van der Waals surface area contributed by atoms with Crippen molar-refractivity contribution >= 4 is 23.8 Å². The van der Waals surface area contributed by atoms with Crippen molar-refractivity contribution in [3.8, 4) is 0 Å². The molecular weight excluding hydrogens is 358 g/mol. The molecule has 3 rings (SSSR count). The summed E-state index contributed by atoms with van der Waals surface area (Å²) in [4.78, 5) is 27.2. The van der Waals surface area contributed by atoms with E-state index in [0.29, 0.717) is 18.0 Å². The van der Waals surface area contributed by atoms with Crippen LogP contribution in [0.3, 0.4) is 0 Å². The molecule has 1 aliphatic rings. The lowest BCUT2D eigenvalue weighted by Gasteiger charge is -2.25. The number of nitrogens with one attached hydrogen (secondary N) is 1. The van der Waals surface area contributed by atoms with Crippen molar-refractivity contribution < 1.29 is 24.0 Å². The third-order valence-corrected chi connectivity index (χ3v) is 5.21. The van der Waals surface area contributed by atoms with Crippen LogP contribution in [0.25, 0.3) is 0 Å². The fourth-order valence-electron chi connectivity index (χ4n) is 2.62. The molecule has 1 saturated heterocycles. The predicted octanol–water partition coefficient (Wildman–Crippen LogP) is 2.35. The molecule has 1 atom stereocenters. The molecule has 2 heterocycles. The molecule has 26 heavy (non-hydrogen) atoms. The van der Waals surface area contributed by atoms with Gasteiger partial charge in [-0.15, -0.1) is 0 Å². The number of rotatable bonds is 7. The van der Waals surface area contributed by atoms with Crippen molar-refractivity contribution in [3.63, 3.8) is 0 Å². The van der Waals surface area contributed by atoms with Crippen LogP contribution in [0.15, 0.2) is 34.9 Å². The summed E-state index contributed by atoms with van der Waals surface area (Å²) >= 11 is 1.67. The van der Waals surface area contributed by atoms with Gasteiger partial charge in [-0.1, -0.05) is 35.5 Å². The van der Waals surface area contributed by atoms with E-state index < -0.39 is 17.6 Å². The van der Waals surface area contributed by atoms with Gasteiger partial charge in [0.2, 0.25) is 5.89 Å². The van der Waals surface area contributed by atoms with E-state index in [2.05, 4.69) is 15.5 Å². The summed E-state index contributed by atoms with van der Waals surface area (Å²) < 4.78 is 10.4. The minimum Gasteiger partial charge on any atom is -0.481 e. The van der Waals surface area contributed by atoms with E-state index in [1.807, 2.05) is 30.3 Å². The normalized spacial score (nSPS) is 19.2. The van der Waals surface area contributed by atoms with E-state index in [1.165, 1.54) is 0 Å². The molecule has 0 saturated carbocycles. The van der Waals surface area contributed by atoms with Crippen LogP contribution >= 0.6 is 11.8 Å². The largest absolute Gasteiger partial charge is 0.481 e. The van der Waals surface area contributed by atoms with Crippen molar-refractivity contribution in [2.75, 3.05) is 11.5 Å². The lowest BCUT2D eigenvalue weighted by molar-refractivity contribution is -0.137. The molecule has 1 aliphatic heterocycles. The zero-order chi connectivity index (χ0) is 18.4. The summed E-state index contributed by atoms with van der Waals surface area (Å²) in [5.41, 5.74) is 0.136. The molecule has 0 radical (unpaired) electrons. The number of carbonyl (C=O) groups excluding carboxylic acids is 1. The molecule has 1 aromatic carbocycles. The first-order valence-electron chi connectivity index (χ1n) is 8.19. The minimum absolute atomic E-state index is 0.0874. The Bertz CT molecular complexity index is 759. The van der Waals surface area contributed by atoms with E-state index in [0.717, 1.165) is 11.3 Å². The Balaban J connectivity index is 1.64. The number of ether oxygens (including phenoxy) is 1. The molecule has 2 aromatic rings. The molecule has 0 bridgehead atoms. The molecular formula is C17H19N3O5S. The van der Waals surface area contributed by atoms with Gasteiger partial charge in [-0.3, -0.25) is 4.79 Å². The summed E-state index contributed by atoms with van der Waals surface area (Å²) in [5.74, 6) is 1.12. The fourth-order valence-corrected chi connectivity index (χ4v) is 3.95. The molecule has 1 unspecified atom stereocenters. The third kappa shape index (κ3) is 4.54. The lowest BCUT2D eigenvalue weighted by Crippen LogP contribution is -2.47. The molecule has 0 aliphatic carbocycles. The number of aliphatic carboxylic acids is 1. The number of hydrogen-bond acceptors (Lipinski definition) is 7. The molecule has 0 spiro atoms. The number of alkyl carbamates (subject to hydrolysis) is 1.